The maximum atomic E-state index is 13.4. The Balaban J connectivity index is 1.87. The molecule has 160 valence electrons. The van der Waals surface area contributed by atoms with Crippen LogP contribution in [0.5, 0.6) is 0 Å². The Morgan fingerprint density at radius 2 is 1.72 bits per heavy atom. The molecule has 4 nitrogen and oxygen atoms in total. The lowest BCUT2D eigenvalue weighted by atomic mass is 9.85. The third-order valence-electron chi connectivity index (χ3n) is 5.62. The van der Waals surface area contributed by atoms with Gasteiger partial charge in [0.2, 0.25) is 5.91 Å². The van der Waals surface area contributed by atoms with E-state index < -0.39 is 40.4 Å². The van der Waals surface area contributed by atoms with E-state index in [1.54, 1.807) is 4.90 Å². The Morgan fingerprint density at radius 3 is 2.31 bits per heavy atom. The van der Waals surface area contributed by atoms with Crippen LogP contribution in [-0.4, -0.2) is 47.8 Å². The Labute approximate surface area is 163 Å². The molecular weight excluding hydrogens is 402 g/mol. The van der Waals surface area contributed by atoms with Gasteiger partial charge in [0.1, 0.15) is 0 Å². The minimum atomic E-state index is -5.12. The van der Waals surface area contributed by atoms with Gasteiger partial charge in [0.15, 0.2) is 0 Å². The predicted octanol–water partition coefficient (Wildman–Crippen LogP) is 4.20. The Morgan fingerprint density at radius 1 is 1.07 bits per heavy atom. The third kappa shape index (κ3) is 3.93. The van der Waals surface area contributed by atoms with E-state index in [0.717, 1.165) is 11.3 Å². The van der Waals surface area contributed by atoms with E-state index >= 15 is 0 Å². The van der Waals surface area contributed by atoms with Crippen LogP contribution in [0.25, 0.3) is 0 Å². The zero-order chi connectivity index (χ0) is 21.6. The van der Waals surface area contributed by atoms with Crippen molar-refractivity contribution in [3.8, 4) is 0 Å². The Hall–Kier alpha value is -2.26. The van der Waals surface area contributed by atoms with Crippen LogP contribution < -0.4 is 0 Å². The van der Waals surface area contributed by atoms with Gasteiger partial charge in [0.05, 0.1) is 22.1 Å². The van der Waals surface area contributed by atoms with Crippen LogP contribution in [0.4, 0.5) is 26.3 Å². The summed E-state index contributed by atoms with van der Waals surface area (Å²) in [6.45, 7) is 3.09. The quantitative estimate of drug-likeness (QED) is 0.686. The second kappa shape index (κ2) is 7.21. The molecule has 0 aliphatic carbocycles. The van der Waals surface area contributed by atoms with Gasteiger partial charge in [0, 0.05) is 26.2 Å². The number of nitrogens with zero attached hydrogens (tertiary/aromatic N) is 2. The lowest BCUT2D eigenvalue weighted by molar-refractivity contribution is -0.143. The fourth-order valence-electron chi connectivity index (χ4n) is 4.11. The number of halogens is 6. The van der Waals surface area contributed by atoms with Crippen LogP contribution in [0.15, 0.2) is 18.2 Å². The molecule has 2 heterocycles. The minimum Gasteiger partial charge on any atom is -0.342 e. The molecule has 1 aromatic carbocycles. The van der Waals surface area contributed by atoms with Gasteiger partial charge < -0.3 is 9.80 Å². The van der Waals surface area contributed by atoms with Crippen LogP contribution >= 0.6 is 0 Å². The summed E-state index contributed by atoms with van der Waals surface area (Å²) in [6, 6.07) is 1.000. The van der Waals surface area contributed by atoms with Gasteiger partial charge in [-0.05, 0) is 37.5 Å². The van der Waals surface area contributed by atoms with E-state index in [1.165, 1.54) is 0 Å². The maximum Gasteiger partial charge on any atom is 0.417 e. The van der Waals surface area contributed by atoms with E-state index in [4.69, 9.17) is 0 Å². The predicted molar refractivity (Wildman–Crippen MR) is 90.9 cm³/mol. The highest BCUT2D eigenvalue weighted by Gasteiger charge is 2.52. The number of rotatable bonds is 3. The summed E-state index contributed by atoms with van der Waals surface area (Å²) >= 11 is 0. The number of alkyl halides is 6. The monoisotopic (exact) mass is 422 g/mol. The van der Waals surface area contributed by atoms with Gasteiger partial charge in [-0.3, -0.25) is 9.59 Å². The summed E-state index contributed by atoms with van der Waals surface area (Å²) in [6.07, 6.45) is -8.47. The third-order valence-corrected chi connectivity index (χ3v) is 5.62. The second-order valence-corrected chi connectivity index (χ2v) is 7.56. The first-order valence-electron chi connectivity index (χ1n) is 9.26. The van der Waals surface area contributed by atoms with Gasteiger partial charge in [-0.25, -0.2) is 0 Å². The summed E-state index contributed by atoms with van der Waals surface area (Å²) in [4.78, 5) is 28.3. The highest BCUT2D eigenvalue weighted by atomic mass is 19.4. The molecule has 0 aromatic heterocycles. The lowest BCUT2D eigenvalue weighted by Gasteiger charge is -2.24. The largest absolute Gasteiger partial charge is 0.417 e. The minimum absolute atomic E-state index is 0.0246. The summed E-state index contributed by atoms with van der Waals surface area (Å²) < 4.78 is 78.6. The van der Waals surface area contributed by atoms with E-state index in [-0.39, 0.29) is 25.1 Å². The van der Waals surface area contributed by atoms with Gasteiger partial charge in [-0.15, -0.1) is 0 Å². The van der Waals surface area contributed by atoms with Gasteiger partial charge >= 0.3 is 12.4 Å². The summed E-state index contributed by atoms with van der Waals surface area (Å²) in [5.74, 6) is -1.12. The fraction of sp³-hybridized carbons (Fsp3) is 0.579. The summed E-state index contributed by atoms with van der Waals surface area (Å²) in [7, 11) is 0. The van der Waals surface area contributed by atoms with Crippen LogP contribution in [-0.2, 0) is 17.1 Å². The number of carbonyl (C=O) groups excluding carboxylic acids is 2. The van der Waals surface area contributed by atoms with Crippen LogP contribution in [0.3, 0.4) is 0 Å². The smallest absolute Gasteiger partial charge is 0.342 e. The van der Waals surface area contributed by atoms with Crippen molar-refractivity contribution >= 4 is 11.8 Å². The van der Waals surface area contributed by atoms with Crippen molar-refractivity contribution in [1.82, 2.24) is 9.80 Å². The lowest BCUT2D eigenvalue weighted by Crippen LogP contribution is -2.39. The molecule has 2 aliphatic heterocycles. The molecule has 29 heavy (non-hydrogen) atoms. The van der Waals surface area contributed by atoms with Crippen molar-refractivity contribution in [2.75, 3.05) is 26.2 Å². The molecule has 2 aliphatic rings. The van der Waals surface area contributed by atoms with Crippen LogP contribution in [0.1, 0.15) is 47.7 Å². The normalized spacial score (nSPS) is 22.8. The van der Waals surface area contributed by atoms with Crippen molar-refractivity contribution in [2.45, 2.75) is 38.5 Å². The van der Waals surface area contributed by atoms with Crippen LogP contribution in [0, 0.1) is 5.41 Å². The van der Waals surface area contributed by atoms with Gasteiger partial charge in [0.25, 0.3) is 5.91 Å². The molecule has 2 saturated heterocycles. The average molecular weight is 422 g/mol. The van der Waals surface area contributed by atoms with Crippen molar-refractivity contribution in [1.29, 1.82) is 0 Å². The van der Waals surface area contributed by atoms with E-state index in [0.29, 0.717) is 38.1 Å². The van der Waals surface area contributed by atoms with Crippen LogP contribution in [0.2, 0.25) is 0 Å². The second-order valence-electron chi connectivity index (χ2n) is 7.56. The molecule has 1 aromatic rings. The van der Waals surface area contributed by atoms with E-state index in [9.17, 15) is 35.9 Å². The molecule has 1 unspecified atom stereocenters. The Kier molecular flexibility index (Phi) is 5.33. The Bertz CT molecular complexity index is 820. The number of amides is 2. The molecule has 3 rings (SSSR count). The number of carbonyl (C=O) groups is 2. The number of benzene rings is 1. The van der Waals surface area contributed by atoms with Gasteiger partial charge in [-0.1, -0.05) is 6.92 Å². The molecule has 0 bridgehead atoms. The summed E-state index contributed by atoms with van der Waals surface area (Å²) in [5.41, 5.74) is -4.74. The molecule has 0 radical (unpaired) electrons. The van der Waals surface area contributed by atoms with E-state index in [1.807, 2.05) is 6.92 Å². The number of hydrogen-bond acceptors (Lipinski definition) is 2. The molecular formula is C19H20F6N2O2. The van der Waals surface area contributed by atoms with Gasteiger partial charge in [-0.2, -0.15) is 26.3 Å². The SMILES string of the molecule is CCCN1CCC2(CCN(C(=O)c3ccc(C(F)(F)F)cc3C(F)(F)F)C2)C1=O. The molecule has 0 N–H and O–H groups in total. The first-order chi connectivity index (χ1) is 13.4. The number of likely N-dealkylation sites (tertiary alicyclic amines) is 2. The topological polar surface area (TPSA) is 40.6 Å². The van der Waals surface area contributed by atoms with Crippen molar-refractivity contribution in [3.05, 3.63) is 34.9 Å². The fourth-order valence-corrected chi connectivity index (χ4v) is 4.11. The van der Waals surface area contributed by atoms with E-state index in [2.05, 4.69) is 0 Å². The molecule has 2 amide bonds. The standard InChI is InChI=1S/C19H20F6N2O2/c1-2-7-26-8-5-17(16(26)29)6-9-27(11-17)15(28)13-4-3-12(18(20,21)22)10-14(13)19(23,24)25/h3-4,10H,2,5-9,11H2,1H3. The molecule has 2 fully saturated rings. The number of hydrogen-bond donors (Lipinski definition) is 0. The first-order valence-corrected chi connectivity index (χ1v) is 9.26. The highest BCUT2D eigenvalue weighted by molar-refractivity contribution is 5.97. The summed E-state index contributed by atoms with van der Waals surface area (Å²) in [5, 5.41) is 0. The molecule has 1 atom stereocenters. The van der Waals surface area contributed by atoms with Crippen molar-refractivity contribution < 1.29 is 35.9 Å². The van der Waals surface area contributed by atoms with Crippen molar-refractivity contribution in [3.63, 3.8) is 0 Å². The molecule has 10 heteroatoms. The first kappa shape index (κ1) is 21.4. The van der Waals surface area contributed by atoms with Crippen molar-refractivity contribution in [2.24, 2.45) is 5.41 Å². The highest BCUT2D eigenvalue weighted by Crippen LogP contribution is 2.42. The average Bonchev–Trinajstić information content (AvgIpc) is 3.19. The molecule has 0 saturated carbocycles. The molecule has 1 spiro atoms. The zero-order valence-electron chi connectivity index (χ0n) is 15.7. The zero-order valence-corrected chi connectivity index (χ0v) is 15.7. The maximum absolute atomic E-state index is 13.4.